The Morgan fingerprint density at radius 3 is 2.56 bits per heavy atom. The van der Waals surface area contributed by atoms with Gasteiger partial charge in [0.1, 0.15) is 12.4 Å². The molecule has 7 nitrogen and oxygen atoms in total. The number of hydrogen-bond donors (Lipinski definition) is 1. The first-order valence-corrected chi connectivity index (χ1v) is 11.9. The Morgan fingerprint density at radius 1 is 1.15 bits per heavy atom. The lowest BCUT2D eigenvalue weighted by molar-refractivity contribution is -0.115. The number of ether oxygens (including phenoxy) is 2. The summed E-state index contributed by atoms with van der Waals surface area (Å²) >= 11 is 0. The fraction of sp³-hybridized carbons (Fsp3) is 0.481. The molecule has 0 unspecified atom stereocenters. The van der Waals surface area contributed by atoms with Crippen LogP contribution in [0.2, 0.25) is 0 Å². The predicted molar refractivity (Wildman–Crippen MR) is 134 cm³/mol. The van der Waals surface area contributed by atoms with E-state index in [1.165, 1.54) is 5.56 Å². The van der Waals surface area contributed by atoms with E-state index >= 15 is 0 Å². The number of carbonyl (C=O) groups is 2. The molecule has 2 aromatic rings. The molecule has 3 atom stereocenters. The highest BCUT2D eigenvalue weighted by molar-refractivity contribution is 5.99. The van der Waals surface area contributed by atoms with Crippen LogP contribution in [0.25, 0.3) is 0 Å². The van der Waals surface area contributed by atoms with E-state index in [2.05, 4.69) is 48.3 Å². The molecule has 0 aromatic heterocycles. The molecule has 1 N–H and O–H groups in total. The Bertz CT molecular complexity index is 966. The van der Waals surface area contributed by atoms with Gasteiger partial charge < -0.3 is 19.7 Å². The van der Waals surface area contributed by atoms with E-state index in [1.54, 1.807) is 44.2 Å². The van der Waals surface area contributed by atoms with E-state index < -0.39 is 0 Å². The maximum atomic E-state index is 13.4. The van der Waals surface area contributed by atoms with Crippen LogP contribution in [-0.2, 0) is 16.1 Å². The molecular formula is C27H37N3O4. The quantitative estimate of drug-likeness (QED) is 0.719. The van der Waals surface area contributed by atoms with Crippen molar-refractivity contribution >= 4 is 17.5 Å². The lowest BCUT2D eigenvalue weighted by atomic mass is 10.0. The maximum Gasteiger partial charge on any atom is 0.257 e. The van der Waals surface area contributed by atoms with Gasteiger partial charge in [-0.25, -0.2) is 0 Å². The van der Waals surface area contributed by atoms with Gasteiger partial charge in [-0.2, -0.15) is 0 Å². The molecule has 1 aliphatic heterocycles. The molecule has 2 aromatic carbocycles. The average molecular weight is 468 g/mol. The number of fused-ring (bicyclic) bond motifs is 1. The van der Waals surface area contributed by atoms with Crippen LogP contribution in [-0.4, -0.2) is 67.6 Å². The summed E-state index contributed by atoms with van der Waals surface area (Å²) in [5.41, 5.74) is 2.26. The first-order valence-electron chi connectivity index (χ1n) is 11.9. The minimum absolute atomic E-state index is 0.103. The third-order valence-corrected chi connectivity index (χ3v) is 6.41. The van der Waals surface area contributed by atoms with Crippen molar-refractivity contribution in [3.8, 4) is 5.75 Å². The van der Waals surface area contributed by atoms with Crippen molar-refractivity contribution in [3.63, 3.8) is 0 Å². The lowest BCUT2D eigenvalue weighted by Gasteiger charge is -2.36. The number of nitrogens with zero attached hydrogens (tertiary/aromatic N) is 2. The molecule has 1 heterocycles. The Hall–Kier alpha value is -2.90. The second-order valence-electron chi connectivity index (χ2n) is 9.12. The number of nitrogens with one attached hydrogen (secondary N) is 1. The molecule has 0 bridgehead atoms. The van der Waals surface area contributed by atoms with Gasteiger partial charge in [-0.05, 0) is 36.6 Å². The average Bonchev–Trinajstić information content (AvgIpc) is 2.85. The van der Waals surface area contributed by atoms with Crippen molar-refractivity contribution in [1.82, 2.24) is 9.80 Å². The van der Waals surface area contributed by atoms with Crippen molar-refractivity contribution in [1.29, 1.82) is 0 Å². The topological polar surface area (TPSA) is 71.1 Å². The van der Waals surface area contributed by atoms with Crippen molar-refractivity contribution in [2.24, 2.45) is 5.92 Å². The van der Waals surface area contributed by atoms with Crippen LogP contribution in [0.1, 0.15) is 43.1 Å². The number of hydrogen-bond acceptors (Lipinski definition) is 5. The third kappa shape index (κ3) is 6.58. The molecule has 0 saturated carbocycles. The minimum Gasteiger partial charge on any atom is -0.491 e. The molecular weight excluding hydrogens is 430 g/mol. The summed E-state index contributed by atoms with van der Waals surface area (Å²) in [5, 5.41) is 2.84. The van der Waals surface area contributed by atoms with E-state index in [0.717, 1.165) is 13.1 Å². The largest absolute Gasteiger partial charge is 0.491 e. The Kier molecular flexibility index (Phi) is 9.07. The van der Waals surface area contributed by atoms with Crippen LogP contribution in [0.3, 0.4) is 0 Å². The molecule has 184 valence electrons. The normalized spacial score (nSPS) is 22.2. The summed E-state index contributed by atoms with van der Waals surface area (Å²) < 4.78 is 12.0. The first-order chi connectivity index (χ1) is 16.3. The Labute approximate surface area is 203 Å². The second kappa shape index (κ2) is 12.0. The van der Waals surface area contributed by atoms with Crippen molar-refractivity contribution in [2.45, 2.75) is 45.9 Å². The number of amides is 2. The van der Waals surface area contributed by atoms with Gasteiger partial charge in [0.2, 0.25) is 5.91 Å². The smallest absolute Gasteiger partial charge is 0.257 e. The summed E-state index contributed by atoms with van der Waals surface area (Å²) in [5.74, 6) is 0.445. The predicted octanol–water partition coefficient (Wildman–Crippen LogP) is 4.04. The van der Waals surface area contributed by atoms with E-state index in [9.17, 15) is 9.59 Å². The molecule has 0 spiro atoms. The van der Waals surface area contributed by atoms with Crippen LogP contribution in [0.4, 0.5) is 5.69 Å². The zero-order valence-electron chi connectivity index (χ0n) is 20.9. The zero-order valence-corrected chi connectivity index (χ0v) is 20.9. The van der Waals surface area contributed by atoms with E-state index in [-0.39, 0.29) is 29.9 Å². The van der Waals surface area contributed by atoms with Crippen LogP contribution in [0, 0.1) is 5.92 Å². The van der Waals surface area contributed by atoms with Gasteiger partial charge in [-0.1, -0.05) is 44.2 Å². The number of benzene rings is 2. The zero-order chi connectivity index (χ0) is 24.7. The van der Waals surface area contributed by atoms with Gasteiger partial charge in [-0.15, -0.1) is 0 Å². The van der Waals surface area contributed by atoms with Gasteiger partial charge in [0.15, 0.2) is 0 Å². The third-order valence-electron chi connectivity index (χ3n) is 6.41. The summed E-state index contributed by atoms with van der Waals surface area (Å²) in [6.45, 7) is 8.60. The molecule has 0 saturated heterocycles. The van der Waals surface area contributed by atoms with Crippen molar-refractivity contribution in [2.75, 3.05) is 39.2 Å². The summed E-state index contributed by atoms with van der Waals surface area (Å²) in [6, 6.07) is 15.8. The van der Waals surface area contributed by atoms with E-state index in [1.807, 2.05) is 6.07 Å². The molecule has 1 aliphatic rings. The maximum absolute atomic E-state index is 13.4. The van der Waals surface area contributed by atoms with Crippen LogP contribution in [0.5, 0.6) is 5.75 Å². The second-order valence-corrected chi connectivity index (χ2v) is 9.12. The highest BCUT2D eigenvalue weighted by Crippen LogP contribution is 2.27. The summed E-state index contributed by atoms with van der Waals surface area (Å²) in [6.07, 6.45) is 0.245. The minimum atomic E-state index is -0.161. The Morgan fingerprint density at radius 2 is 1.88 bits per heavy atom. The highest BCUT2D eigenvalue weighted by atomic mass is 16.5. The van der Waals surface area contributed by atoms with Gasteiger partial charge in [-0.3, -0.25) is 14.5 Å². The number of anilines is 1. The van der Waals surface area contributed by atoms with Gasteiger partial charge >= 0.3 is 0 Å². The van der Waals surface area contributed by atoms with Gasteiger partial charge in [0.25, 0.3) is 5.91 Å². The van der Waals surface area contributed by atoms with E-state index in [0.29, 0.717) is 36.6 Å². The highest BCUT2D eigenvalue weighted by Gasteiger charge is 2.28. The fourth-order valence-electron chi connectivity index (χ4n) is 4.22. The number of likely N-dealkylation sites (N-methyl/N-ethyl adjacent to an activating group) is 1. The lowest BCUT2D eigenvalue weighted by Crippen LogP contribution is -2.46. The first kappa shape index (κ1) is 25.7. The number of rotatable bonds is 5. The molecule has 0 fully saturated rings. The van der Waals surface area contributed by atoms with Crippen LogP contribution >= 0.6 is 0 Å². The standard InChI is InChI=1S/C27H37N3O4/c1-6-26(31)28-22-12-13-24-23(14-22)27(32)29(4)17-25(33-5)19(2)15-30(20(3)18-34-24)16-21-10-8-7-9-11-21/h7-14,19-20,25H,6,15-18H2,1-5H3,(H,28,31)/t19-,20+,25-/m0/s1. The monoisotopic (exact) mass is 467 g/mol. The van der Waals surface area contributed by atoms with Crippen molar-refractivity contribution < 1.29 is 19.1 Å². The Balaban J connectivity index is 1.93. The molecule has 34 heavy (non-hydrogen) atoms. The molecule has 3 rings (SSSR count). The van der Waals surface area contributed by atoms with Crippen molar-refractivity contribution in [3.05, 3.63) is 59.7 Å². The number of carbonyl (C=O) groups excluding carboxylic acids is 2. The summed E-state index contributed by atoms with van der Waals surface area (Å²) in [4.78, 5) is 29.4. The van der Waals surface area contributed by atoms with E-state index in [4.69, 9.17) is 9.47 Å². The SMILES string of the molecule is CCC(=O)Nc1ccc2c(c1)C(=O)N(C)C[C@H](OC)[C@@H](C)CN(Cc1ccccc1)[C@H](C)CO2. The fourth-order valence-corrected chi connectivity index (χ4v) is 4.22. The van der Waals surface area contributed by atoms with Crippen LogP contribution in [0.15, 0.2) is 48.5 Å². The van der Waals surface area contributed by atoms with Crippen LogP contribution < -0.4 is 10.1 Å². The van der Waals surface area contributed by atoms with Gasteiger partial charge in [0.05, 0.1) is 11.7 Å². The molecule has 0 radical (unpaired) electrons. The molecule has 7 heteroatoms. The molecule has 2 amide bonds. The number of methoxy groups -OCH3 is 1. The molecule has 0 aliphatic carbocycles. The van der Waals surface area contributed by atoms with Gasteiger partial charge in [0, 0.05) is 51.9 Å². The summed E-state index contributed by atoms with van der Waals surface area (Å²) in [7, 11) is 3.48.